The molecular formula is C23H24N4O3. The number of hydrogen-bond donors (Lipinski definition) is 2. The van der Waals surface area contributed by atoms with Gasteiger partial charge in [0.05, 0.1) is 25.0 Å². The lowest BCUT2D eigenvalue weighted by Gasteiger charge is -2.19. The molecule has 2 N–H and O–H groups in total. The normalized spacial score (nSPS) is 12.8. The second-order valence-corrected chi connectivity index (χ2v) is 6.93. The number of aryl methyl sites for hydroxylation is 1. The van der Waals surface area contributed by atoms with E-state index < -0.39 is 0 Å². The highest BCUT2D eigenvalue weighted by molar-refractivity contribution is 6.03. The van der Waals surface area contributed by atoms with Gasteiger partial charge in [-0.3, -0.25) is 4.79 Å². The quantitative estimate of drug-likeness (QED) is 0.580. The summed E-state index contributed by atoms with van der Waals surface area (Å²) in [5.41, 5.74) is 2.97. The fourth-order valence-electron chi connectivity index (χ4n) is 3.44. The van der Waals surface area contributed by atoms with Gasteiger partial charge >= 0.3 is 0 Å². The van der Waals surface area contributed by atoms with Crippen LogP contribution in [0.5, 0.6) is 11.5 Å². The zero-order valence-corrected chi connectivity index (χ0v) is 17.1. The first kappa shape index (κ1) is 19.7. The minimum Gasteiger partial charge on any atom is -0.497 e. The highest BCUT2D eigenvalue weighted by atomic mass is 16.5. The average Bonchev–Trinajstić information content (AvgIpc) is 2.75. The Labute approximate surface area is 175 Å². The Hall–Kier alpha value is -3.61. The minimum absolute atomic E-state index is 0.0672. The molecule has 30 heavy (non-hydrogen) atoms. The monoisotopic (exact) mass is 404 g/mol. The number of carbonyl (C=O) groups excluding carboxylic acids is 1. The van der Waals surface area contributed by atoms with Gasteiger partial charge in [-0.15, -0.1) is 0 Å². The Kier molecular flexibility index (Phi) is 5.79. The highest BCUT2D eigenvalue weighted by Gasteiger charge is 2.24. The Morgan fingerprint density at radius 1 is 0.967 bits per heavy atom. The molecule has 0 unspecified atom stereocenters. The van der Waals surface area contributed by atoms with Crippen LogP contribution in [0.1, 0.15) is 35.8 Å². The molecule has 7 nitrogen and oxygen atoms in total. The van der Waals surface area contributed by atoms with Crippen molar-refractivity contribution in [3.63, 3.8) is 0 Å². The molecule has 1 aliphatic carbocycles. The van der Waals surface area contributed by atoms with Gasteiger partial charge in [0, 0.05) is 23.9 Å². The van der Waals surface area contributed by atoms with E-state index in [2.05, 4.69) is 20.6 Å². The first-order valence-corrected chi connectivity index (χ1v) is 10.0. The molecule has 1 aromatic heterocycles. The fourth-order valence-corrected chi connectivity index (χ4v) is 3.44. The molecule has 154 valence electrons. The summed E-state index contributed by atoms with van der Waals surface area (Å²) in [6, 6.07) is 15.1. The molecule has 3 aromatic rings. The van der Waals surface area contributed by atoms with Gasteiger partial charge in [-0.25, -0.2) is 4.98 Å². The van der Waals surface area contributed by atoms with E-state index in [9.17, 15) is 4.79 Å². The van der Waals surface area contributed by atoms with E-state index >= 15 is 0 Å². The summed E-state index contributed by atoms with van der Waals surface area (Å²) in [6.45, 7) is 2.56. The molecule has 4 rings (SSSR count). The maximum absolute atomic E-state index is 12.6. The molecule has 0 saturated carbocycles. The molecule has 0 bridgehead atoms. The second-order valence-electron chi connectivity index (χ2n) is 6.93. The van der Waals surface area contributed by atoms with Gasteiger partial charge in [-0.2, -0.15) is 4.98 Å². The molecule has 0 amide bonds. The first-order valence-electron chi connectivity index (χ1n) is 10.0. The van der Waals surface area contributed by atoms with E-state index in [0.717, 1.165) is 41.4 Å². The third kappa shape index (κ3) is 4.35. The molecule has 0 aliphatic heterocycles. The summed E-state index contributed by atoms with van der Waals surface area (Å²) in [5.74, 6) is 2.55. The Morgan fingerprint density at radius 3 is 2.57 bits per heavy atom. The number of fused-ring (bicyclic) bond motifs is 1. The molecule has 1 aliphatic rings. The zero-order valence-electron chi connectivity index (χ0n) is 17.1. The van der Waals surface area contributed by atoms with Gasteiger partial charge in [-0.1, -0.05) is 6.07 Å². The summed E-state index contributed by atoms with van der Waals surface area (Å²) >= 11 is 0. The van der Waals surface area contributed by atoms with Gasteiger partial charge in [-0.05, 0) is 56.2 Å². The van der Waals surface area contributed by atoms with Crippen LogP contribution in [0.4, 0.5) is 23.1 Å². The first-order chi connectivity index (χ1) is 14.7. The highest BCUT2D eigenvalue weighted by Crippen LogP contribution is 2.30. The Balaban J connectivity index is 1.67. The van der Waals surface area contributed by atoms with Crippen molar-refractivity contribution in [1.82, 2.24) is 9.97 Å². The summed E-state index contributed by atoms with van der Waals surface area (Å²) < 4.78 is 10.8. The van der Waals surface area contributed by atoms with Crippen molar-refractivity contribution in [3.8, 4) is 11.5 Å². The molecule has 0 saturated heterocycles. The summed E-state index contributed by atoms with van der Waals surface area (Å²) in [5, 5.41) is 6.51. The van der Waals surface area contributed by atoms with E-state index in [0.29, 0.717) is 30.4 Å². The lowest BCUT2D eigenvalue weighted by atomic mass is 9.95. The number of rotatable bonds is 7. The Morgan fingerprint density at radius 2 is 1.80 bits per heavy atom. The van der Waals surface area contributed by atoms with Crippen LogP contribution < -0.4 is 20.1 Å². The number of aromatic nitrogens is 2. The number of methoxy groups -OCH3 is 1. The van der Waals surface area contributed by atoms with Gasteiger partial charge in [0.1, 0.15) is 17.3 Å². The van der Waals surface area contributed by atoms with Crippen molar-refractivity contribution in [1.29, 1.82) is 0 Å². The van der Waals surface area contributed by atoms with Crippen LogP contribution in [-0.2, 0) is 6.42 Å². The van der Waals surface area contributed by atoms with Crippen LogP contribution in [0.2, 0.25) is 0 Å². The number of ether oxygens (including phenoxy) is 2. The van der Waals surface area contributed by atoms with E-state index in [-0.39, 0.29) is 5.78 Å². The largest absolute Gasteiger partial charge is 0.497 e. The fraction of sp³-hybridized carbons (Fsp3) is 0.261. The number of benzene rings is 2. The van der Waals surface area contributed by atoms with Gasteiger partial charge < -0.3 is 20.1 Å². The van der Waals surface area contributed by atoms with Crippen LogP contribution in [0.15, 0.2) is 48.5 Å². The molecule has 0 atom stereocenters. The second kappa shape index (κ2) is 8.82. The smallest absolute Gasteiger partial charge is 0.229 e. The van der Waals surface area contributed by atoms with Crippen molar-refractivity contribution in [2.24, 2.45) is 0 Å². The van der Waals surface area contributed by atoms with E-state index in [4.69, 9.17) is 9.47 Å². The number of carbonyl (C=O) groups is 1. The van der Waals surface area contributed by atoms with Gasteiger partial charge in [0.2, 0.25) is 5.95 Å². The number of ketones is 1. The predicted octanol–water partition coefficient (Wildman–Crippen LogP) is 4.89. The van der Waals surface area contributed by atoms with Gasteiger partial charge in [0.15, 0.2) is 5.78 Å². The van der Waals surface area contributed by atoms with Crippen LogP contribution in [-0.4, -0.2) is 29.5 Å². The van der Waals surface area contributed by atoms with Crippen molar-refractivity contribution in [2.75, 3.05) is 24.4 Å². The SMILES string of the molecule is CCOc1ccc(Nc2nc(Nc3cccc(OC)c3)nc3c2C(=O)CCC3)cc1. The topological polar surface area (TPSA) is 85.4 Å². The van der Waals surface area contributed by atoms with Crippen LogP contribution >= 0.6 is 0 Å². The summed E-state index contributed by atoms with van der Waals surface area (Å²) in [6.07, 6.45) is 2.05. The molecule has 7 heteroatoms. The lowest BCUT2D eigenvalue weighted by molar-refractivity contribution is 0.0972. The van der Waals surface area contributed by atoms with Crippen molar-refractivity contribution >= 4 is 28.9 Å². The summed E-state index contributed by atoms with van der Waals surface area (Å²) in [7, 11) is 1.62. The zero-order chi connectivity index (χ0) is 20.9. The summed E-state index contributed by atoms with van der Waals surface area (Å²) in [4.78, 5) is 21.8. The van der Waals surface area contributed by atoms with Crippen molar-refractivity contribution in [3.05, 3.63) is 59.8 Å². The molecular weight excluding hydrogens is 380 g/mol. The maximum atomic E-state index is 12.6. The third-order valence-corrected chi connectivity index (χ3v) is 4.83. The standard InChI is InChI=1S/C23H24N4O3/c1-3-30-17-12-10-15(11-13-17)24-22-21-19(8-5-9-20(21)28)26-23(27-22)25-16-6-4-7-18(14-16)29-2/h4,6-7,10-14H,3,5,8-9H2,1-2H3,(H2,24,25,26,27). The van der Waals surface area contributed by atoms with Crippen molar-refractivity contribution < 1.29 is 14.3 Å². The third-order valence-electron chi connectivity index (χ3n) is 4.83. The molecule has 2 aromatic carbocycles. The number of hydrogen-bond acceptors (Lipinski definition) is 7. The Bertz CT molecular complexity index is 1050. The number of nitrogens with one attached hydrogen (secondary N) is 2. The predicted molar refractivity (Wildman–Crippen MR) is 116 cm³/mol. The lowest BCUT2D eigenvalue weighted by Crippen LogP contribution is -2.17. The number of anilines is 4. The maximum Gasteiger partial charge on any atom is 0.229 e. The molecule has 0 radical (unpaired) electrons. The molecule has 1 heterocycles. The minimum atomic E-state index is 0.0672. The van der Waals surface area contributed by atoms with Crippen LogP contribution in [0.3, 0.4) is 0 Å². The molecule has 0 fully saturated rings. The van der Waals surface area contributed by atoms with E-state index in [1.165, 1.54) is 0 Å². The van der Waals surface area contributed by atoms with Crippen molar-refractivity contribution in [2.45, 2.75) is 26.2 Å². The van der Waals surface area contributed by atoms with Crippen LogP contribution in [0.25, 0.3) is 0 Å². The van der Waals surface area contributed by atoms with E-state index in [1.54, 1.807) is 7.11 Å². The van der Waals surface area contributed by atoms with Gasteiger partial charge in [0.25, 0.3) is 0 Å². The van der Waals surface area contributed by atoms with E-state index in [1.807, 2.05) is 55.5 Å². The number of Topliss-reactive ketones (excluding diaryl/α,β-unsaturated/α-hetero) is 1. The number of nitrogens with zero attached hydrogens (tertiary/aromatic N) is 2. The molecule has 0 spiro atoms. The van der Waals surface area contributed by atoms with Crippen LogP contribution in [0, 0.1) is 0 Å². The average molecular weight is 404 g/mol.